The summed E-state index contributed by atoms with van der Waals surface area (Å²) in [7, 11) is 1.50. The minimum absolute atomic E-state index is 0.0117. The lowest BCUT2D eigenvalue weighted by Crippen LogP contribution is -2.30. The molecule has 1 saturated heterocycles. The first-order valence-electron chi connectivity index (χ1n) is 6.35. The summed E-state index contributed by atoms with van der Waals surface area (Å²) in [5.74, 6) is -1.48. The molecular weight excluding hydrogens is 282 g/mol. The molecule has 6 heteroatoms. The molecule has 1 aliphatic rings. The largest absolute Gasteiger partial charge is 0.496 e. The van der Waals surface area contributed by atoms with E-state index in [2.05, 4.69) is 0 Å². The SMILES string of the molecule is CCN1C(=O)CC(C(=O)O)C1c1c(Cl)cccc1OC. The van der Waals surface area contributed by atoms with E-state index in [9.17, 15) is 14.7 Å². The molecule has 5 nitrogen and oxygen atoms in total. The van der Waals surface area contributed by atoms with Gasteiger partial charge in [-0.25, -0.2) is 0 Å². The molecule has 1 amide bonds. The maximum absolute atomic E-state index is 12.0. The van der Waals surface area contributed by atoms with Gasteiger partial charge in [-0.3, -0.25) is 9.59 Å². The lowest BCUT2D eigenvalue weighted by Gasteiger charge is -2.28. The van der Waals surface area contributed by atoms with Gasteiger partial charge in [-0.2, -0.15) is 0 Å². The van der Waals surface area contributed by atoms with Crippen molar-refractivity contribution in [2.24, 2.45) is 5.92 Å². The highest BCUT2D eigenvalue weighted by atomic mass is 35.5. The van der Waals surface area contributed by atoms with E-state index in [0.29, 0.717) is 22.9 Å². The van der Waals surface area contributed by atoms with Crippen molar-refractivity contribution in [3.8, 4) is 5.75 Å². The molecule has 1 aromatic rings. The van der Waals surface area contributed by atoms with Gasteiger partial charge in [0.25, 0.3) is 0 Å². The van der Waals surface area contributed by atoms with E-state index in [1.807, 2.05) is 6.92 Å². The number of aliphatic carboxylic acids is 1. The Hall–Kier alpha value is -1.75. The Kier molecular flexibility index (Phi) is 4.18. The Morgan fingerprint density at radius 2 is 2.25 bits per heavy atom. The molecule has 1 fully saturated rings. The number of carbonyl (C=O) groups is 2. The number of likely N-dealkylation sites (tertiary alicyclic amines) is 1. The Bertz CT molecular complexity index is 546. The van der Waals surface area contributed by atoms with Crippen LogP contribution in [0.15, 0.2) is 18.2 Å². The highest BCUT2D eigenvalue weighted by molar-refractivity contribution is 6.31. The second-order valence-electron chi connectivity index (χ2n) is 4.63. The summed E-state index contributed by atoms with van der Waals surface area (Å²) in [4.78, 5) is 25.0. The van der Waals surface area contributed by atoms with Gasteiger partial charge in [0, 0.05) is 23.6 Å². The van der Waals surface area contributed by atoms with Crippen molar-refractivity contribution in [1.82, 2.24) is 4.90 Å². The number of methoxy groups -OCH3 is 1. The molecule has 1 N–H and O–H groups in total. The molecule has 108 valence electrons. The molecule has 0 bridgehead atoms. The van der Waals surface area contributed by atoms with Gasteiger partial charge in [0.1, 0.15) is 5.75 Å². The van der Waals surface area contributed by atoms with Crippen LogP contribution in [0.1, 0.15) is 24.9 Å². The molecule has 20 heavy (non-hydrogen) atoms. The number of carboxylic acids is 1. The standard InChI is InChI=1S/C14H16ClNO4/c1-3-16-11(17)7-8(14(18)19)13(16)12-9(15)5-4-6-10(12)20-2/h4-6,8,13H,3,7H2,1-2H3,(H,18,19). The summed E-state index contributed by atoms with van der Waals surface area (Å²) in [5, 5.41) is 9.78. The lowest BCUT2D eigenvalue weighted by molar-refractivity contribution is -0.142. The summed E-state index contributed by atoms with van der Waals surface area (Å²) in [6, 6.07) is 4.54. The van der Waals surface area contributed by atoms with Crippen LogP contribution in [0.5, 0.6) is 5.75 Å². The normalized spacial score (nSPS) is 22.1. The zero-order chi connectivity index (χ0) is 14.9. The molecule has 2 unspecified atom stereocenters. The molecule has 0 aliphatic carbocycles. The van der Waals surface area contributed by atoms with Gasteiger partial charge in [0.05, 0.1) is 19.1 Å². The Morgan fingerprint density at radius 1 is 1.55 bits per heavy atom. The fourth-order valence-electron chi connectivity index (χ4n) is 2.72. The van der Waals surface area contributed by atoms with Crippen molar-refractivity contribution >= 4 is 23.5 Å². The van der Waals surface area contributed by atoms with E-state index in [1.54, 1.807) is 23.1 Å². The maximum Gasteiger partial charge on any atom is 0.309 e. The van der Waals surface area contributed by atoms with Gasteiger partial charge in [-0.05, 0) is 19.1 Å². The number of nitrogens with zero attached hydrogens (tertiary/aromatic N) is 1. The van der Waals surface area contributed by atoms with E-state index in [-0.39, 0.29) is 12.3 Å². The van der Waals surface area contributed by atoms with Crippen LogP contribution in [0, 0.1) is 5.92 Å². The van der Waals surface area contributed by atoms with Gasteiger partial charge in [0.2, 0.25) is 5.91 Å². The number of halogens is 1. The molecule has 0 aromatic heterocycles. The Labute approximate surface area is 122 Å². The Balaban J connectivity index is 2.57. The van der Waals surface area contributed by atoms with Crippen LogP contribution in [0.25, 0.3) is 0 Å². The van der Waals surface area contributed by atoms with Crippen molar-refractivity contribution < 1.29 is 19.4 Å². The predicted molar refractivity (Wildman–Crippen MR) is 73.9 cm³/mol. The van der Waals surface area contributed by atoms with Crippen LogP contribution < -0.4 is 4.74 Å². The molecule has 0 radical (unpaired) electrons. The van der Waals surface area contributed by atoms with Gasteiger partial charge in [0.15, 0.2) is 0 Å². The average Bonchev–Trinajstić information content (AvgIpc) is 2.75. The minimum atomic E-state index is -0.999. The minimum Gasteiger partial charge on any atom is -0.496 e. The van der Waals surface area contributed by atoms with Crippen molar-refractivity contribution in [2.45, 2.75) is 19.4 Å². The maximum atomic E-state index is 12.0. The number of carbonyl (C=O) groups excluding carboxylic acids is 1. The van der Waals surface area contributed by atoms with E-state index < -0.39 is 17.9 Å². The quantitative estimate of drug-likeness (QED) is 0.926. The lowest BCUT2D eigenvalue weighted by atomic mass is 9.93. The molecule has 2 atom stereocenters. The van der Waals surface area contributed by atoms with Gasteiger partial charge < -0.3 is 14.7 Å². The first-order valence-corrected chi connectivity index (χ1v) is 6.73. The number of benzene rings is 1. The Morgan fingerprint density at radius 3 is 2.80 bits per heavy atom. The third-order valence-electron chi connectivity index (χ3n) is 3.62. The van der Waals surface area contributed by atoms with E-state index >= 15 is 0 Å². The van der Waals surface area contributed by atoms with Crippen molar-refractivity contribution in [1.29, 1.82) is 0 Å². The van der Waals surface area contributed by atoms with E-state index in [1.165, 1.54) is 7.11 Å². The van der Waals surface area contributed by atoms with E-state index in [0.717, 1.165) is 0 Å². The predicted octanol–water partition coefficient (Wildman–Crippen LogP) is 2.34. The topological polar surface area (TPSA) is 66.8 Å². The zero-order valence-electron chi connectivity index (χ0n) is 11.3. The first kappa shape index (κ1) is 14.7. The summed E-state index contributed by atoms with van der Waals surface area (Å²) >= 11 is 6.22. The van der Waals surface area contributed by atoms with Crippen LogP contribution in [-0.2, 0) is 9.59 Å². The van der Waals surface area contributed by atoms with E-state index in [4.69, 9.17) is 16.3 Å². The van der Waals surface area contributed by atoms with Gasteiger partial charge >= 0.3 is 5.97 Å². The monoisotopic (exact) mass is 297 g/mol. The van der Waals surface area contributed by atoms with Gasteiger partial charge in [-0.1, -0.05) is 17.7 Å². The molecule has 0 spiro atoms. The summed E-state index contributed by atoms with van der Waals surface area (Å²) in [6.45, 7) is 2.25. The van der Waals surface area contributed by atoms with Crippen LogP contribution in [0.4, 0.5) is 0 Å². The fourth-order valence-corrected chi connectivity index (χ4v) is 3.00. The number of ether oxygens (including phenoxy) is 1. The highest BCUT2D eigenvalue weighted by Crippen LogP contribution is 2.44. The summed E-state index contributed by atoms with van der Waals surface area (Å²) in [6.07, 6.45) is -0.0117. The van der Waals surface area contributed by atoms with Crippen LogP contribution in [0.2, 0.25) is 5.02 Å². The van der Waals surface area contributed by atoms with Crippen molar-refractivity contribution in [3.63, 3.8) is 0 Å². The average molecular weight is 298 g/mol. The smallest absolute Gasteiger partial charge is 0.309 e. The summed E-state index contributed by atoms with van der Waals surface area (Å²) < 4.78 is 5.28. The second-order valence-corrected chi connectivity index (χ2v) is 5.04. The molecule has 1 heterocycles. The number of hydrogen-bond acceptors (Lipinski definition) is 3. The number of hydrogen-bond donors (Lipinski definition) is 1. The van der Waals surface area contributed by atoms with Crippen molar-refractivity contribution in [2.75, 3.05) is 13.7 Å². The third-order valence-corrected chi connectivity index (χ3v) is 3.95. The van der Waals surface area contributed by atoms with Crippen LogP contribution in [0.3, 0.4) is 0 Å². The second kappa shape index (κ2) is 5.71. The fraction of sp³-hybridized carbons (Fsp3) is 0.429. The zero-order valence-corrected chi connectivity index (χ0v) is 12.1. The number of rotatable bonds is 4. The van der Waals surface area contributed by atoms with Crippen LogP contribution >= 0.6 is 11.6 Å². The third kappa shape index (κ3) is 2.33. The van der Waals surface area contributed by atoms with Crippen LogP contribution in [-0.4, -0.2) is 35.5 Å². The number of amides is 1. The molecular formula is C14H16ClNO4. The number of carboxylic acid groups (broad SMARTS) is 1. The first-order chi connectivity index (χ1) is 9.51. The van der Waals surface area contributed by atoms with Gasteiger partial charge in [-0.15, -0.1) is 0 Å². The summed E-state index contributed by atoms with van der Waals surface area (Å²) in [5.41, 5.74) is 0.566. The molecule has 1 aromatic carbocycles. The highest BCUT2D eigenvalue weighted by Gasteiger charge is 2.45. The molecule has 2 rings (SSSR count). The molecule has 0 saturated carbocycles. The van der Waals surface area contributed by atoms with Crippen molar-refractivity contribution in [3.05, 3.63) is 28.8 Å². The molecule has 1 aliphatic heterocycles.